The number of hydrogen-bond acceptors (Lipinski definition) is 6. The number of hydrogen-bond donors (Lipinski definition) is 0. The van der Waals surface area contributed by atoms with Crippen LogP contribution in [-0.2, 0) is 28.6 Å². The van der Waals surface area contributed by atoms with Crippen molar-refractivity contribution < 1.29 is 28.6 Å². The van der Waals surface area contributed by atoms with E-state index < -0.39 is 12.1 Å². The Morgan fingerprint density at radius 2 is 0.518 bits per heavy atom. The van der Waals surface area contributed by atoms with Gasteiger partial charge in [0.15, 0.2) is 6.10 Å². The Morgan fingerprint density at radius 1 is 0.265 bits per heavy atom. The molecule has 470 valence electrons. The molecule has 0 amide bonds. The number of ether oxygens (including phenoxy) is 3. The number of unbranched alkanes of at least 4 members (excludes halogenated alkanes) is 27. The van der Waals surface area contributed by atoms with Gasteiger partial charge in [-0.15, -0.1) is 0 Å². The first-order chi connectivity index (χ1) is 41.0. The van der Waals surface area contributed by atoms with E-state index in [2.05, 4.69) is 154 Å². The smallest absolute Gasteiger partial charge is 0.309 e. The highest BCUT2D eigenvalue weighted by molar-refractivity contribution is 5.72. The fraction of sp³-hybridized carbons (Fsp3) is 0.649. The van der Waals surface area contributed by atoms with Crippen LogP contribution in [0, 0.1) is 0 Å². The molecular formula is C77H126O6. The first-order valence-corrected chi connectivity index (χ1v) is 34.3. The molecule has 1 atom stereocenters. The van der Waals surface area contributed by atoms with Crippen molar-refractivity contribution in [2.45, 2.75) is 309 Å². The molecule has 83 heavy (non-hydrogen) atoms. The zero-order valence-corrected chi connectivity index (χ0v) is 53.9. The summed E-state index contributed by atoms with van der Waals surface area (Å²) in [7, 11) is 0. The van der Waals surface area contributed by atoms with Crippen LogP contribution in [0.15, 0.2) is 146 Å². The Labute approximate surface area is 512 Å². The van der Waals surface area contributed by atoms with Crippen molar-refractivity contribution in [2.75, 3.05) is 13.2 Å². The number of carbonyl (C=O) groups excluding carboxylic acids is 3. The Morgan fingerprint density at radius 3 is 0.843 bits per heavy atom. The van der Waals surface area contributed by atoms with Crippen LogP contribution in [-0.4, -0.2) is 37.2 Å². The molecule has 0 bridgehead atoms. The lowest BCUT2D eigenvalue weighted by atomic mass is 10.0. The van der Waals surface area contributed by atoms with Gasteiger partial charge in [0, 0.05) is 12.8 Å². The first-order valence-electron chi connectivity index (χ1n) is 34.3. The molecule has 0 aromatic carbocycles. The Kier molecular flexibility index (Phi) is 65.8. The minimum absolute atomic E-state index is 0.114. The SMILES string of the molecule is CC/C=C\C/C=C\C/C=C\C/C=C\C/C=C\CCCCCCCCCCCCCCCC(=O)OCC(COC(=O)C/C=C\C/C=C\C/C=C\C/C=C\C/C=C\CC)OC(=O)CCCCCCCCCCC/C=C\C/C=C\CCCCCCC. The van der Waals surface area contributed by atoms with Crippen molar-refractivity contribution in [3.8, 4) is 0 Å². The van der Waals surface area contributed by atoms with E-state index in [1.807, 2.05) is 6.08 Å². The van der Waals surface area contributed by atoms with Crippen molar-refractivity contribution in [3.63, 3.8) is 0 Å². The molecule has 0 aromatic heterocycles. The molecule has 1 unspecified atom stereocenters. The van der Waals surface area contributed by atoms with Gasteiger partial charge >= 0.3 is 17.9 Å². The summed E-state index contributed by atoms with van der Waals surface area (Å²) < 4.78 is 16.9. The van der Waals surface area contributed by atoms with E-state index in [1.54, 1.807) is 6.08 Å². The van der Waals surface area contributed by atoms with Gasteiger partial charge in [-0.3, -0.25) is 14.4 Å². The summed E-state index contributed by atoms with van der Waals surface area (Å²) in [4.78, 5) is 38.4. The second-order valence-corrected chi connectivity index (χ2v) is 22.3. The fourth-order valence-electron chi connectivity index (χ4n) is 9.28. The highest BCUT2D eigenvalue weighted by atomic mass is 16.6. The largest absolute Gasteiger partial charge is 0.462 e. The third kappa shape index (κ3) is 68.0. The predicted molar refractivity (Wildman–Crippen MR) is 362 cm³/mol. The first kappa shape index (κ1) is 78.3. The third-order valence-corrected chi connectivity index (χ3v) is 14.3. The Bertz CT molecular complexity index is 1800. The normalized spacial score (nSPS) is 13.0. The van der Waals surface area contributed by atoms with Gasteiger partial charge < -0.3 is 14.2 Å². The molecule has 0 saturated carbocycles. The summed E-state index contributed by atoms with van der Waals surface area (Å²) in [5, 5.41) is 0. The zero-order chi connectivity index (χ0) is 59.9. The zero-order valence-electron chi connectivity index (χ0n) is 53.9. The average Bonchev–Trinajstić information content (AvgIpc) is 3.49. The molecule has 0 aliphatic rings. The van der Waals surface area contributed by atoms with Gasteiger partial charge in [-0.1, -0.05) is 308 Å². The van der Waals surface area contributed by atoms with Gasteiger partial charge in [-0.25, -0.2) is 0 Å². The molecule has 0 aromatic rings. The summed E-state index contributed by atoms with van der Waals surface area (Å²) in [6, 6.07) is 0. The van der Waals surface area contributed by atoms with E-state index in [9.17, 15) is 14.4 Å². The van der Waals surface area contributed by atoms with Gasteiger partial charge in [-0.05, 0) is 122 Å². The van der Waals surface area contributed by atoms with Crippen LogP contribution < -0.4 is 0 Å². The summed E-state index contributed by atoms with van der Waals surface area (Å²) in [6.45, 7) is 6.33. The van der Waals surface area contributed by atoms with Crippen LogP contribution in [0.5, 0.6) is 0 Å². The van der Waals surface area contributed by atoms with Crippen molar-refractivity contribution in [3.05, 3.63) is 146 Å². The molecule has 0 heterocycles. The highest BCUT2D eigenvalue weighted by Crippen LogP contribution is 2.16. The van der Waals surface area contributed by atoms with Crippen molar-refractivity contribution in [1.29, 1.82) is 0 Å². The van der Waals surface area contributed by atoms with E-state index >= 15 is 0 Å². The van der Waals surface area contributed by atoms with Crippen LogP contribution in [0.1, 0.15) is 303 Å². The summed E-state index contributed by atoms with van der Waals surface area (Å²) >= 11 is 0. The summed E-state index contributed by atoms with van der Waals surface area (Å²) in [6.07, 6.45) is 100. The quantitative estimate of drug-likeness (QED) is 0.0261. The molecule has 0 fully saturated rings. The van der Waals surface area contributed by atoms with Gasteiger partial charge in [0.1, 0.15) is 13.2 Å². The maximum atomic E-state index is 12.9. The molecule has 0 aliphatic carbocycles. The van der Waals surface area contributed by atoms with Crippen LogP contribution in [0.25, 0.3) is 0 Å². The van der Waals surface area contributed by atoms with Crippen LogP contribution >= 0.6 is 0 Å². The Balaban J connectivity index is 4.38. The van der Waals surface area contributed by atoms with Crippen molar-refractivity contribution in [1.82, 2.24) is 0 Å². The molecular weight excluding hydrogens is 1020 g/mol. The Hall–Kier alpha value is -4.71. The summed E-state index contributed by atoms with van der Waals surface area (Å²) in [5.74, 6) is -1.05. The topological polar surface area (TPSA) is 78.9 Å². The average molecular weight is 1150 g/mol. The van der Waals surface area contributed by atoms with Gasteiger partial charge in [-0.2, -0.15) is 0 Å². The summed E-state index contributed by atoms with van der Waals surface area (Å²) in [5.41, 5.74) is 0. The van der Waals surface area contributed by atoms with Gasteiger partial charge in [0.25, 0.3) is 0 Å². The highest BCUT2D eigenvalue weighted by Gasteiger charge is 2.19. The predicted octanol–water partition coefficient (Wildman–Crippen LogP) is 23.9. The van der Waals surface area contributed by atoms with Gasteiger partial charge in [0.2, 0.25) is 0 Å². The number of carbonyl (C=O) groups is 3. The van der Waals surface area contributed by atoms with E-state index in [0.29, 0.717) is 12.8 Å². The van der Waals surface area contributed by atoms with E-state index in [-0.39, 0.29) is 31.6 Å². The van der Waals surface area contributed by atoms with Gasteiger partial charge in [0.05, 0.1) is 6.42 Å². The lowest BCUT2D eigenvalue weighted by Crippen LogP contribution is -2.30. The van der Waals surface area contributed by atoms with Crippen LogP contribution in [0.2, 0.25) is 0 Å². The third-order valence-electron chi connectivity index (χ3n) is 14.3. The lowest BCUT2D eigenvalue weighted by molar-refractivity contribution is -0.166. The molecule has 6 heteroatoms. The lowest BCUT2D eigenvalue weighted by Gasteiger charge is -2.18. The maximum Gasteiger partial charge on any atom is 0.309 e. The molecule has 6 nitrogen and oxygen atoms in total. The van der Waals surface area contributed by atoms with Crippen LogP contribution in [0.3, 0.4) is 0 Å². The second kappa shape index (κ2) is 69.8. The number of esters is 3. The van der Waals surface area contributed by atoms with E-state index in [4.69, 9.17) is 14.2 Å². The van der Waals surface area contributed by atoms with E-state index in [0.717, 1.165) is 109 Å². The van der Waals surface area contributed by atoms with Crippen molar-refractivity contribution >= 4 is 17.9 Å². The van der Waals surface area contributed by atoms with Crippen molar-refractivity contribution in [2.24, 2.45) is 0 Å². The maximum absolute atomic E-state index is 12.9. The second-order valence-electron chi connectivity index (χ2n) is 22.3. The minimum Gasteiger partial charge on any atom is -0.462 e. The monoisotopic (exact) mass is 1150 g/mol. The molecule has 0 saturated heterocycles. The van der Waals surface area contributed by atoms with Crippen LogP contribution in [0.4, 0.5) is 0 Å². The standard InChI is InChI=1S/C77H126O6/c1-4-7-10-13-16-19-22-25-28-30-32-34-35-36-37-38-39-40-41-43-44-46-49-52-55-58-61-64-67-70-76(79)82-73-74(72-81-75(78)69-66-63-60-57-54-51-48-27-24-21-18-15-12-9-6-3)83-77(80)71-68-65-62-59-56-53-50-47-45-42-33-31-29-26-23-20-17-14-11-8-5-2/h7,9-10,12,16,18-19,21,23,25-28,31-34,36-37,48,54,57,63,66,74H,4-6,8,11,13-15,17,20,22,24,29-30,35,38-47,49-53,55-56,58-62,64-65,67-73H2,1-3H3/b10-7-,12-9-,19-16-,21-18-,26-23-,28-25-,33-31-,34-32-,37-36-,48-27-,57-54-,66-63-. The molecule has 0 rings (SSSR count). The molecule has 0 N–H and O–H groups in total. The number of allylic oxidation sites excluding steroid dienone is 23. The molecule has 0 radical (unpaired) electrons. The molecule has 0 spiro atoms. The number of rotatable bonds is 61. The molecule has 0 aliphatic heterocycles. The minimum atomic E-state index is -0.828. The van der Waals surface area contributed by atoms with E-state index in [1.165, 1.54) is 154 Å². The fourth-order valence-corrected chi connectivity index (χ4v) is 9.28.